The summed E-state index contributed by atoms with van der Waals surface area (Å²) in [7, 11) is 0. The van der Waals surface area contributed by atoms with E-state index < -0.39 is 0 Å². The first-order chi connectivity index (χ1) is 6.16. The van der Waals surface area contributed by atoms with Gasteiger partial charge in [0, 0.05) is 18.7 Å². The number of hydrogen-bond acceptors (Lipinski definition) is 2. The van der Waals surface area contributed by atoms with Crippen molar-refractivity contribution in [2.45, 2.75) is 33.2 Å². The summed E-state index contributed by atoms with van der Waals surface area (Å²) in [6, 6.07) is 2.13. The second kappa shape index (κ2) is 4.43. The van der Waals surface area contributed by atoms with E-state index in [9.17, 15) is 0 Å². The van der Waals surface area contributed by atoms with Crippen LogP contribution in [0.2, 0.25) is 0 Å². The maximum absolute atomic E-state index is 8.38. The normalized spacial score (nSPS) is 10.0. The Morgan fingerprint density at radius 3 is 2.69 bits per heavy atom. The summed E-state index contributed by atoms with van der Waals surface area (Å²) in [5.74, 6) is 0. The Kier molecular flexibility index (Phi) is 3.49. The molecule has 0 aliphatic rings. The molecule has 0 atom stereocenters. The smallest absolute Gasteiger partial charge is 0.0738 e. The predicted octanol–water partition coefficient (Wildman–Crippen LogP) is 2.57. The lowest BCUT2D eigenvalue weighted by Gasteiger charge is -2.00. The predicted molar refractivity (Wildman–Crippen MR) is 54.2 cm³/mol. The fraction of sp³-hybridized carbons (Fsp3) is 0.556. The van der Waals surface area contributed by atoms with E-state index >= 15 is 0 Å². The number of hydrogen-bond donors (Lipinski definition) is 0. The molecule has 0 amide bonds. The summed E-state index contributed by atoms with van der Waals surface area (Å²) in [6.45, 7) is 4.82. The fourth-order valence-corrected chi connectivity index (χ4v) is 1.48. The molecule has 1 rings (SSSR count). The van der Waals surface area contributed by atoms with Crippen LogP contribution in [0.15, 0.2) is 4.47 Å². The molecule has 0 radical (unpaired) electrons. The van der Waals surface area contributed by atoms with E-state index in [4.69, 9.17) is 5.26 Å². The summed E-state index contributed by atoms with van der Waals surface area (Å²) in [5, 5.41) is 12.7. The highest BCUT2D eigenvalue weighted by Gasteiger charge is 2.07. The zero-order valence-electron chi connectivity index (χ0n) is 7.84. The van der Waals surface area contributed by atoms with Gasteiger partial charge in [0.1, 0.15) is 0 Å². The average Bonchev–Trinajstić information content (AvgIpc) is 2.34. The molecule has 0 aliphatic heterocycles. The average molecular weight is 242 g/mol. The highest BCUT2D eigenvalue weighted by Crippen LogP contribution is 2.19. The molecule has 13 heavy (non-hydrogen) atoms. The van der Waals surface area contributed by atoms with Crippen molar-refractivity contribution < 1.29 is 0 Å². The molecule has 70 valence electrons. The van der Waals surface area contributed by atoms with Crippen LogP contribution in [-0.2, 0) is 6.54 Å². The molecule has 0 saturated heterocycles. The molecule has 0 spiro atoms. The minimum absolute atomic E-state index is 0.593. The van der Waals surface area contributed by atoms with E-state index in [0.717, 1.165) is 28.8 Å². The third kappa shape index (κ3) is 2.31. The highest BCUT2D eigenvalue weighted by molar-refractivity contribution is 9.10. The summed E-state index contributed by atoms with van der Waals surface area (Å²) < 4.78 is 3.01. The Morgan fingerprint density at radius 2 is 2.23 bits per heavy atom. The van der Waals surface area contributed by atoms with Crippen LogP contribution >= 0.6 is 15.9 Å². The zero-order valence-corrected chi connectivity index (χ0v) is 9.43. The van der Waals surface area contributed by atoms with Gasteiger partial charge in [0.2, 0.25) is 0 Å². The van der Waals surface area contributed by atoms with Gasteiger partial charge >= 0.3 is 0 Å². The summed E-state index contributed by atoms with van der Waals surface area (Å²) >= 11 is 3.46. The first kappa shape index (κ1) is 10.3. The Morgan fingerprint density at radius 1 is 1.54 bits per heavy atom. The molecule has 3 nitrogen and oxygen atoms in total. The molecule has 1 aromatic heterocycles. The number of rotatable bonds is 3. The number of nitriles is 1. The minimum atomic E-state index is 0.593. The topological polar surface area (TPSA) is 41.6 Å². The van der Waals surface area contributed by atoms with Crippen molar-refractivity contribution in [1.82, 2.24) is 9.78 Å². The van der Waals surface area contributed by atoms with E-state index in [1.54, 1.807) is 0 Å². The molecule has 0 aliphatic carbocycles. The van der Waals surface area contributed by atoms with E-state index in [-0.39, 0.29) is 0 Å². The third-order valence-electron chi connectivity index (χ3n) is 1.95. The molecule has 0 N–H and O–H groups in total. The number of unbranched alkanes of at least 4 members (excludes halogenated alkanes) is 1. The van der Waals surface area contributed by atoms with Gasteiger partial charge in [0.05, 0.1) is 16.2 Å². The van der Waals surface area contributed by atoms with Crippen LogP contribution in [0.4, 0.5) is 0 Å². The molecule has 1 heterocycles. The Labute approximate surface area is 86.5 Å². The molecule has 4 heteroatoms. The number of aryl methyl sites for hydroxylation is 2. The first-order valence-electron chi connectivity index (χ1n) is 4.23. The van der Waals surface area contributed by atoms with Gasteiger partial charge in [-0.1, -0.05) is 0 Å². The molecule has 0 aromatic carbocycles. The lowest BCUT2D eigenvalue weighted by Crippen LogP contribution is -2.02. The lowest BCUT2D eigenvalue weighted by molar-refractivity contribution is 0.568. The fourth-order valence-electron chi connectivity index (χ4n) is 1.20. The van der Waals surface area contributed by atoms with E-state index in [2.05, 4.69) is 27.1 Å². The molecule has 0 saturated carbocycles. The van der Waals surface area contributed by atoms with Crippen LogP contribution in [0.5, 0.6) is 0 Å². The Balaban J connectivity index is 2.68. The van der Waals surface area contributed by atoms with Gasteiger partial charge < -0.3 is 0 Å². The zero-order chi connectivity index (χ0) is 9.84. The summed E-state index contributed by atoms with van der Waals surface area (Å²) in [4.78, 5) is 0. The second-order valence-corrected chi connectivity index (χ2v) is 3.76. The van der Waals surface area contributed by atoms with Crippen LogP contribution in [0.25, 0.3) is 0 Å². The number of nitrogens with zero attached hydrogens (tertiary/aromatic N) is 3. The number of halogens is 1. The van der Waals surface area contributed by atoms with Gasteiger partial charge in [-0.05, 0) is 36.2 Å². The number of aromatic nitrogens is 2. The van der Waals surface area contributed by atoms with Crippen LogP contribution in [0.1, 0.15) is 24.2 Å². The standard InChI is InChI=1S/C9H12BrN3/c1-7-9(10)8(2)13(12-7)6-4-3-5-11/h3-4,6H2,1-2H3. The van der Waals surface area contributed by atoms with Crippen LogP contribution in [0, 0.1) is 25.2 Å². The molecule has 0 fully saturated rings. The third-order valence-corrected chi connectivity index (χ3v) is 3.10. The monoisotopic (exact) mass is 241 g/mol. The SMILES string of the molecule is Cc1nn(CCCC#N)c(C)c1Br. The van der Waals surface area contributed by atoms with Gasteiger partial charge in [0.15, 0.2) is 0 Å². The van der Waals surface area contributed by atoms with Crippen molar-refractivity contribution in [2.75, 3.05) is 0 Å². The van der Waals surface area contributed by atoms with E-state index in [0.29, 0.717) is 6.42 Å². The summed E-state index contributed by atoms with van der Waals surface area (Å²) in [5.41, 5.74) is 2.14. The van der Waals surface area contributed by atoms with Crippen molar-refractivity contribution in [3.05, 3.63) is 15.9 Å². The molecule has 0 bridgehead atoms. The van der Waals surface area contributed by atoms with Crippen LogP contribution in [0.3, 0.4) is 0 Å². The molecular formula is C9H12BrN3. The highest BCUT2D eigenvalue weighted by atomic mass is 79.9. The maximum atomic E-state index is 8.38. The lowest BCUT2D eigenvalue weighted by atomic mass is 10.3. The van der Waals surface area contributed by atoms with Crippen LogP contribution in [-0.4, -0.2) is 9.78 Å². The van der Waals surface area contributed by atoms with Crippen molar-refractivity contribution in [1.29, 1.82) is 5.26 Å². The maximum Gasteiger partial charge on any atom is 0.0738 e. The Bertz CT molecular complexity index is 335. The van der Waals surface area contributed by atoms with Gasteiger partial charge in [0.25, 0.3) is 0 Å². The van der Waals surface area contributed by atoms with Crippen molar-refractivity contribution >= 4 is 15.9 Å². The Hall–Kier alpha value is -0.820. The van der Waals surface area contributed by atoms with Gasteiger partial charge in [-0.2, -0.15) is 10.4 Å². The van der Waals surface area contributed by atoms with Gasteiger partial charge in [-0.15, -0.1) is 0 Å². The van der Waals surface area contributed by atoms with Gasteiger partial charge in [-0.3, -0.25) is 4.68 Å². The summed E-state index contributed by atoms with van der Waals surface area (Å²) in [6.07, 6.45) is 1.46. The van der Waals surface area contributed by atoms with E-state index in [1.807, 2.05) is 18.5 Å². The largest absolute Gasteiger partial charge is 0.268 e. The molecular weight excluding hydrogens is 230 g/mol. The van der Waals surface area contributed by atoms with Crippen LogP contribution < -0.4 is 0 Å². The molecule has 0 unspecified atom stereocenters. The van der Waals surface area contributed by atoms with Crippen molar-refractivity contribution in [3.8, 4) is 6.07 Å². The first-order valence-corrected chi connectivity index (χ1v) is 5.02. The molecule has 1 aromatic rings. The van der Waals surface area contributed by atoms with Gasteiger partial charge in [-0.25, -0.2) is 0 Å². The minimum Gasteiger partial charge on any atom is -0.268 e. The van der Waals surface area contributed by atoms with E-state index in [1.165, 1.54) is 0 Å². The van der Waals surface area contributed by atoms with Crippen molar-refractivity contribution in [2.24, 2.45) is 0 Å². The second-order valence-electron chi connectivity index (χ2n) is 2.97. The quantitative estimate of drug-likeness (QED) is 0.764. The van der Waals surface area contributed by atoms with Crippen molar-refractivity contribution in [3.63, 3.8) is 0 Å².